The van der Waals surface area contributed by atoms with Gasteiger partial charge in [0.2, 0.25) is 0 Å². The third kappa shape index (κ3) is 4.00. The van der Waals surface area contributed by atoms with E-state index in [4.69, 9.17) is 14.9 Å². The lowest BCUT2D eigenvalue weighted by Crippen LogP contribution is -2.40. The van der Waals surface area contributed by atoms with Crippen LogP contribution in [0.4, 0.5) is 0 Å². The van der Waals surface area contributed by atoms with Crippen molar-refractivity contribution in [1.29, 1.82) is 0 Å². The number of carbonyl (C=O) groups excluding carboxylic acids is 1. The van der Waals surface area contributed by atoms with Gasteiger partial charge in [0.1, 0.15) is 5.75 Å². The molecule has 1 saturated carbocycles. The summed E-state index contributed by atoms with van der Waals surface area (Å²) in [5, 5.41) is 20.9. The van der Waals surface area contributed by atoms with Gasteiger partial charge in [-0.05, 0) is 37.5 Å². The Kier molecular flexibility index (Phi) is 5.20. The Morgan fingerprint density at radius 1 is 1.22 bits per heavy atom. The standard InChI is InChI=1S/C16H19NO6/c1-23-13-6-5-10(16(21)22)8-12(13)14(18)17-11-4-2-3-9(7-11)15(19)20/h5-6,8-9,11H,2-4,7H2,1H3,(H,17,18)(H,19,20)(H,21,22). The third-order valence-electron chi connectivity index (χ3n) is 4.05. The van der Waals surface area contributed by atoms with Gasteiger partial charge in [-0.25, -0.2) is 4.79 Å². The molecule has 2 atom stereocenters. The number of hydrogen-bond acceptors (Lipinski definition) is 4. The van der Waals surface area contributed by atoms with E-state index in [1.54, 1.807) is 0 Å². The van der Waals surface area contributed by atoms with Gasteiger partial charge >= 0.3 is 11.9 Å². The Morgan fingerprint density at radius 2 is 1.96 bits per heavy atom. The lowest BCUT2D eigenvalue weighted by molar-refractivity contribution is -0.143. The summed E-state index contributed by atoms with van der Waals surface area (Å²) in [4.78, 5) is 34.5. The van der Waals surface area contributed by atoms with Crippen LogP contribution in [0.15, 0.2) is 18.2 Å². The van der Waals surface area contributed by atoms with Crippen molar-refractivity contribution in [3.63, 3.8) is 0 Å². The highest BCUT2D eigenvalue weighted by atomic mass is 16.5. The van der Waals surface area contributed by atoms with E-state index in [1.807, 2.05) is 0 Å². The molecule has 7 nitrogen and oxygen atoms in total. The highest BCUT2D eigenvalue weighted by molar-refractivity contribution is 6.00. The van der Waals surface area contributed by atoms with Gasteiger partial charge in [0, 0.05) is 6.04 Å². The maximum Gasteiger partial charge on any atom is 0.335 e. The van der Waals surface area contributed by atoms with E-state index in [-0.39, 0.29) is 22.9 Å². The molecule has 0 bridgehead atoms. The molecule has 23 heavy (non-hydrogen) atoms. The maximum atomic E-state index is 12.4. The Bertz CT molecular complexity index is 627. The van der Waals surface area contributed by atoms with Crippen LogP contribution in [-0.4, -0.2) is 41.2 Å². The molecule has 1 aromatic carbocycles. The molecule has 0 heterocycles. The molecule has 3 N–H and O–H groups in total. The van der Waals surface area contributed by atoms with E-state index in [1.165, 1.54) is 25.3 Å². The summed E-state index contributed by atoms with van der Waals surface area (Å²) in [5.41, 5.74) is 0.118. The number of hydrogen-bond donors (Lipinski definition) is 3. The van der Waals surface area contributed by atoms with E-state index in [0.29, 0.717) is 19.3 Å². The Hall–Kier alpha value is -2.57. The number of aliphatic carboxylic acids is 1. The van der Waals surface area contributed by atoms with Gasteiger partial charge in [-0.1, -0.05) is 6.42 Å². The highest BCUT2D eigenvalue weighted by Crippen LogP contribution is 2.26. The first kappa shape index (κ1) is 16.8. The molecular weight excluding hydrogens is 302 g/mol. The third-order valence-corrected chi connectivity index (χ3v) is 4.05. The SMILES string of the molecule is COc1ccc(C(=O)O)cc1C(=O)NC1CCCC(C(=O)O)C1. The predicted molar refractivity (Wildman–Crippen MR) is 80.8 cm³/mol. The summed E-state index contributed by atoms with van der Waals surface area (Å²) in [5.74, 6) is -2.62. The van der Waals surface area contributed by atoms with Crippen LogP contribution in [0.2, 0.25) is 0 Å². The molecule has 0 saturated heterocycles. The molecule has 1 fully saturated rings. The van der Waals surface area contributed by atoms with E-state index >= 15 is 0 Å². The summed E-state index contributed by atoms with van der Waals surface area (Å²) in [6, 6.07) is 3.81. The van der Waals surface area contributed by atoms with Gasteiger partial charge in [0.15, 0.2) is 0 Å². The molecule has 0 aromatic heterocycles. The van der Waals surface area contributed by atoms with Gasteiger partial charge < -0.3 is 20.3 Å². The zero-order valence-electron chi connectivity index (χ0n) is 12.7. The normalized spacial score (nSPS) is 20.6. The number of nitrogens with one attached hydrogen (secondary N) is 1. The van der Waals surface area contributed by atoms with Gasteiger partial charge in [0.05, 0.1) is 24.2 Å². The number of benzene rings is 1. The Morgan fingerprint density at radius 3 is 2.57 bits per heavy atom. The molecule has 1 amide bonds. The molecule has 1 aliphatic rings. The van der Waals surface area contributed by atoms with Crippen molar-refractivity contribution < 1.29 is 29.3 Å². The topological polar surface area (TPSA) is 113 Å². The number of ether oxygens (including phenoxy) is 1. The van der Waals surface area contributed by atoms with Gasteiger partial charge in [-0.3, -0.25) is 9.59 Å². The van der Waals surface area contributed by atoms with Crippen molar-refractivity contribution in [2.75, 3.05) is 7.11 Å². The molecule has 0 aliphatic heterocycles. The average Bonchev–Trinajstić information content (AvgIpc) is 2.54. The van der Waals surface area contributed by atoms with E-state index < -0.39 is 23.8 Å². The fourth-order valence-corrected chi connectivity index (χ4v) is 2.83. The lowest BCUT2D eigenvalue weighted by atomic mass is 9.85. The monoisotopic (exact) mass is 321 g/mol. The second-order valence-corrected chi connectivity index (χ2v) is 5.59. The molecule has 0 spiro atoms. The number of carboxylic acid groups (broad SMARTS) is 2. The molecule has 1 aliphatic carbocycles. The molecule has 2 rings (SSSR count). The van der Waals surface area contributed by atoms with Crippen LogP contribution in [0.5, 0.6) is 5.75 Å². The molecule has 124 valence electrons. The van der Waals surface area contributed by atoms with Crippen molar-refractivity contribution in [3.05, 3.63) is 29.3 Å². The summed E-state index contributed by atoms with van der Waals surface area (Å²) in [7, 11) is 1.40. The first-order chi connectivity index (χ1) is 10.9. The predicted octanol–water partition coefficient (Wildman–Crippen LogP) is 1.77. The van der Waals surface area contributed by atoms with E-state index in [0.717, 1.165) is 6.42 Å². The molecular formula is C16H19NO6. The van der Waals surface area contributed by atoms with Crippen molar-refractivity contribution in [2.45, 2.75) is 31.7 Å². The van der Waals surface area contributed by atoms with Crippen molar-refractivity contribution in [3.8, 4) is 5.75 Å². The fraction of sp³-hybridized carbons (Fsp3) is 0.438. The van der Waals surface area contributed by atoms with Crippen molar-refractivity contribution in [1.82, 2.24) is 5.32 Å². The first-order valence-electron chi connectivity index (χ1n) is 7.37. The summed E-state index contributed by atoms with van der Waals surface area (Å²) in [6.07, 6.45) is 2.42. The molecule has 0 radical (unpaired) electrons. The zero-order chi connectivity index (χ0) is 17.0. The number of aromatic carboxylic acids is 1. The van der Waals surface area contributed by atoms with Crippen molar-refractivity contribution >= 4 is 17.8 Å². The van der Waals surface area contributed by atoms with Gasteiger partial charge in [-0.15, -0.1) is 0 Å². The van der Waals surface area contributed by atoms with Crippen LogP contribution in [-0.2, 0) is 4.79 Å². The maximum absolute atomic E-state index is 12.4. The second-order valence-electron chi connectivity index (χ2n) is 5.59. The number of methoxy groups -OCH3 is 1. The van der Waals surface area contributed by atoms with Gasteiger partial charge in [-0.2, -0.15) is 0 Å². The second kappa shape index (κ2) is 7.13. The highest BCUT2D eigenvalue weighted by Gasteiger charge is 2.28. The van der Waals surface area contributed by atoms with E-state index in [9.17, 15) is 14.4 Å². The smallest absolute Gasteiger partial charge is 0.335 e. The first-order valence-corrected chi connectivity index (χ1v) is 7.37. The summed E-state index contributed by atoms with van der Waals surface area (Å²) in [6.45, 7) is 0. The number of rotatable bonds is 5. The quantitative estimate of drug-likeness (QED) is 0.761. The largest absolute Gasteiger partial charge is 0.496 e. The van der Waals surface area contributed by atoms with Crippen LogP contribution in [0.3, 0.4) is 0 Å². The van der Waals surface area contributed by atoms with Crippen LogP contribution in [0.1, 0.15) is 46.4 Å². The lowest BCUT2D eigenvalue weighted by Gasteiger charge is -2.27. The van der Waals surface area contributed by atoms with E-state index in [2.05, 4.69) is 5.32 Å². The molecule has 7 heteroatoms. The van der Waals surface area contributed by atoms with Crippen LogP contribution < -0.4 is 10.1 Å². The summed E-state index contributed by atoms with van der Waals surface area (Å²) >= 11 is 0. The Labute approximate surface area is 133 Å². The summed E-state index contributed by atoms with van der Waals surface area (Å²) < 4.78 is 5.10. The van der Waals surface area contributed by atoms with Crippen LogP contribution in [0, 0.1) is 5.92 Å². The minimum Gasteiger partial charge on any atom is -0.496 e. The van der Waals surface area contributed by atoms with Crippen LogP contribution in [0.25, 0.3) is 0 Å². The number of carboxylic acids is 2. The minimum atomic E-state index is -1.13. The van der Waals surface area contributed by atoms with Crippen molar-refractivity contribution in [2.24, 2.45) is 5.92 Å². The van der Waals surface area contributed by atoms with Gasteiger partial charge in [0.25, 0.3) is 5.91 Å². The average molecular weight is 321 g/mol. The minimum absolute atomic E-state index is 0.0111. The molecule has 2 unspecified atom stereocenters. The molecule has 1 aromatic rings. The number of carbonyl (C=O) groups is 3. The fourth-order valence-electron chi connectivity index (χ4n) is 2.83. The van der Waals surface area contributed by atoms with Crippen LogP contribution >= 0.6 is 0 Å². The number of amides is 1. The Balaban J connectivity index is 2.15. The zero-order valence-corrected chi connectivity index (χ0v) is 12.7.